The lowest BCUT2D eigenvalue weighted by Gasteiger charge is -2.17. The van der Waals surface area contributed by atoms with Gasteiger partial charge in [0.2, 0.25) is 5.91 Å². The standard InChI is InChI=1S/C20H34N4O/c1-6-15(4)19(25)24-18-11-9-10-17(12-18)14-23-20(21-5)22-13-16(7-2)8-3/h9-12,15-16H,6-8,13-14H2,1-5H3,(H,24,25)(H2,21,22,23). The maximum absolute atomic E-state index is 12.0. The number of carbonyl (C=O) groups excluding carboxylic acids is 1. The van der Waals surface area contributed by atoms with Crippen LogP contribution in [0.15, 0.2) is 29.3 Å². The van der Waals surface area contributed by atoms with Gasteiger partial charge in [0.15, 0.2) is 5.96 Å². The summed E-state index contributed by atoms with van der Waals surface area (Å²) in [6, 6.07) is 7.93. The summed E-state index contributed by atoms with van der Waals surface area (Å²) in [5.74, 6) is 1.56. The van der Waals surface area contributed by atoms with Gasteiger partial charge in [0.25, 0.3) is 0 Å². The van der Waals surface area contributed by atoms with E-state index in [4.69, 9.17) is 0 Å². The van der Waals surface area contributed by atoms with Crippen LogP contribution in [0.5, 0.6) is 0 Å². The SMILES string of the molecule is CCC(CC)CNC(=NC)NCc1cccc(NC(=O)C(C)CC)c1. The monoisotopic (exact) mass is 346 g/mol. The highest BCUT2D eigenvalue weighted by atomic mass is 16.1. The molecule has 5 nitrogen and oxygen atoms in total. The molecule has 0 aliphatic carbocycles. The average molecular weight is 347 g/mol. The summed E-state index contributed by atoms with van der Waals surface area (Å²) in [7, 11) is 1.78. The zero-order valence-electron chi connectivity index (χ0n) is 16.4. The molecule has 1 unspecified atom stereocenters. The van der Waals surface area contributed by atoms with E-state index in [-0.39, 0.29) is 11.8 Å². The summed E-state index contributed by atoms with van der Waals surface area (Å²) in [4.78, 5) is 16.3. The number of nitrogens with one attached hydrogen (secondary N) is 3. The van der Waals surface area contributed by atoms with Gasteiger partial charge in [-0.05, 0) is 30.0 Å². The van der Waals surface area contributed by atoms with Crippen LogP contribution in [-0.2, 0) is 11.3 Å². The molecule has 0 heterocycles. The van der Waals surface area contributed by atoms with E-state index in [9.17, 15) is 4.79 Å². The average Bonchev–Trinajstić information content (AvgIpc) is 2.64. The summed E-state index contributed by atoms with van der Waals surface area (Å²) >= 11 is 0. The predicted octanol–water partition coefficient (Wildman–Crippen LogP) is 3.77. The van der Waals surface area contributed by atoms with Crippen molar-refractivity contribution in [1.82, 2.24) is 10.6 Å². The molecule has 0 radical (unpaired) electrons. The third-order valence-corrected chi connectivity index (χ3v) is 4.65. The molecule has 0 aliphatic rings. The Bertz CT molecular complexity index is 552. The molecule has 0 aromatic heterocycles. The fraction of sp³-hybridized carbons (Fsp3) is 0.600. The van der Waals surface area contributed by atoms with Gasteiger partial charge in [0.05, 0.1) is 0 Å². The third-order valence-electron chi connectivity index (χ3n) is 4.65. The fourth-order valence-corrected chi connectivity index (χ4v) is 2.43. The van der Waals surface area contributed by atoms with Gasteiger partial charge in [0.1, 0.15) is 0 Å². The third kappa shape index (κ3) is 7.59. The van der Waals surface area contributed by atoms with Crippen LogP contribution in [-0.4, -0.2) is 25.5 Å². The topological polar surface area (TPSA) is 65.5 Å². The van der Waals surface area contributed by atoms with Gasteiger partial charge in [-0.1, -0.05) is 52.7 Å². The molecule has 140 valence electrons. The second-order valence-corrected chi connectivity index (χ2v) is 6.49. The van der Waals surface area contributed by atoms with Crippen LogP contribution in [0.2, 0.25) is 0 Å². The lowest BCUT2D eigenvalue weighted by Crippen LogP contribution is -2.39. The fourth-order valence-electron chi connectivity index (χ4n) is 2.43. The second-order valence-electron chi connectivity index (χ2n) is 6.49. The van der Waals surface area contributed by atoms with Crippen molar-refractivity contribution in [2.24, 2.45) is 16.8 Å². The van der Waals surface area contributed by atoms with Crippen molar-refractivity contribution in [3.8, 4) is 0 Å². The van der Waals surface area contributed by atoms with Crippen LogP contribution < -0.4 is 16.0 Å². The first-order valence-corrected chi connectivity index (χ1v) is 9.38. The highest BCUT2D eigenvalue weighted by molar-refractivity contribution is 5.92. The molecule has 5 heteroatoms. The van der Waals surface area contributed by atoms with Crippen molar-refractivity contribution < 1.29 is 4.79 Å². The van der Waals surface area contributed by atoms with E-state index in [0.29, 0.717) is 12.5 Å². The summed E-state index contributed by atoms with van der Waals surface area (Å²) in [6.07, 6.45) is 3.17. The maximum atomic E-state index is 12.0. The molecule has 0 bridgehead atoms. The minimum atomic E-state index is 0.0230. The van der Waals surface area contributed by atoms with Gasteiger partial charge in [0, 0.05) is 31.7 Å². The van der Waals surface area contributed by atoms with E-state index < -0.39 is 0 Å². The quantitative estimate of drug-likeness (QED) is 0.471. The van der Waals surface area contributed by atoms with Crippen LogP contribution >= 0.6 is 0 Å². The molecule has 25 heavy (non-hydrogen) atoms. The van der Waals surface area contributed by atoms with E-state index in [1.165, 1.54) is 12.8 Å². The van der Waals surface area contributed by atoms with Crippen molar-refractivity contribution in [2.75, 3.05) is 18.9 Å². The lowest BCUT2D eigenvalue weighted by molar-refractivity contribution is -0.119. The molecule has 0 saturated heterocycles. The van der Waals surface area contributed by atoms with Crippen molar-refractivity contribution >= 4 is 17.6 Å². The number of rotatable bonds is 9. The van der Waals surface area contributed by atoms with Gasteiger partial charge in [-0.15, -0.1) is 0 Å². The number of hydrogen-bond acceptors (Lipinski definition) is 2. The van der Waals surface area contributed by atoms with Gasteiger partial charge < -0.3 is 16.0 Å². The Balaban J connectivity index is 2.56. The summed E-state index contributed by atoms with van der Waals surface area (Å²) < 4.78 is 0. The number of benzene rings is 1. The number of anilines is 1. The summed E-state index contributed by atoms with van der Waals surface area (Å²) in [5, 5.41) is 9.69. The summed E-state index contributed by atoms with van der Waals surface area (Å²) in [6.45, 7) is 9.98. The highest BCUT2D eigenvalue weighted by Crippen LogP contribution is 2.13. The van der Waals surface area contributed by atoms with E-state index in [1.54, 1.807) is 7.05 Å². The Hall–Kier alpha value is -2.04. The molecule has 3 N–H and O–H groups in total. The molecule has 0 fully saturated rings. The Morgan fingerprint density at radius 1 is 1.12 bits per heavy atom. The minimum Gasteiger partial charge on any atom is -0.356 e. The van der Waals surface area contributed by atoms with Crippen LogP contribution in [0.3, 0.4) is 0 Å². The van der Waals surface area contributed by atoms with E-state index in [0.717, 1.165) is 30.2 Å². The molecular formula is C20H34N4O. The van der Waals surface area contributed by atoms with Crippen molar-refractivity contribution in [3.63, 3.8) is 0 Å². The molecule has 0 aliphatic heterocycles. The summed E-state index contributed by atoms with van der Waals surface area (Å²) in [5.41, 5.74) is 1.94. The molecule has 1 amide bonds. The Morgan fingerprint density at radius 3 is 2.44 bits per heavy atom. The Labute approximate surface area is 152 Å². The number of guanidine groups is 1. The zero-order valence-corrected chi connectivity index (χ0v) is 16.4. The molecule has 1 rings (SSSR count). The maximum Gasteiger partial charge on any atom is 0.227 e. The number of aliphatic imine (C=N–C) groups is 1. The normalized spacial score (nSPS) is 12.8. The molecule has 1 aromatic rings. The van der Waals surface area contributed by atoms with Gasteiger partial charge in [-0.3, -0.25) is 9.79 Å². The Kier molecular flexibility index (Phi) is 9.66. The second kappa shape index (κ2) is 11.5. The van der Waals surface area contributed by atoms with E-state index in [2.05, 4.69) is 34.8 Å². The predicted molar refractivity (Wildman–Crippen MR) is 107 cm³/mol. The van der Waals surface area contributed by atoms with Crippen LogP contribution in [0.4, 0.5) is 5.69 Å². The number of hydrogen-bond donors (Lipinski definition) is 3. The van der Waals surface area contributed by atoms with E-state index in [1.807, 2.05) is 38.1 Å². The first-order valence-electron chi connectivity index (χ1n) is 9.38. The highest BCUT2D eigenvalue weighted by Gasteiger charge is 2.10. The molecule has 1 atom stereocenters. The van der Waals surface area contributed by atoms with Crippen molar-refractivity contribution in [1.29, 1.82) is 0 Å². The van der Waals surface area contributed by atoms with Crippen molar-refractivity contribution in [2.45, 2.75) is 53.5 Å². The van der Waals surface area contributed by atoms with Gasteiger partial charge >= 0.3 is 0 Å². The minimum absolute atomic E-state index is 0.0230. The molecule has 0 saturated carbocycles. The number of nitrogens with zero attached hydrogens (tertiary/aromatic N) is 1. The molecule has 0 spiro atoms. The van der Waals surface area contributed by atoms with Crippen molar-refractivity contribution in [3.05, 3.63) is 29.8 Å². The van der Waals surface area contributed by atoms with Gasteiger partial charge in [-0.25, -0.2) is 0 Å². The molecule has 1 aromatic carbocycles. The van der Waals surface area contributed by atoms with Crippen LogP contribution in [0, 0.1) is 11.8 Å². The van der Waals surface area contributed by atoms with Crippen LogP contribution in [0.25, 0.3) is 0 Å². The lowest BCUT2D eigenvalue weighted by atomic mass is 10.0. The largest absolute Gasteiger partial charge is 0.356 e. The smallest absolute Gasteiger partial charge is 0.227 e. The van der Waals surface area contributed by atoms with E-state index >= 15 is 0 Å². The number of carbonyl (C=O) groups is 1. The molecular weight excluding hydrogens is 312 g/mol. The zero-order chi connectivity index (χ0) is 18.7. The Morgan fingerprint density at radius 2 is 1.84 bits per heavy atom. The van der Waals surface area contributed by atoms with Gasteiger partial charge in [-0.2, -0.15) is 0 Å². The first kappa shape index (κ1) is 21.0. The van der Waals surface area contributed by atoms with Crippen LogP contribution in [0.1, 0.15) is 52.5 Å². The first-order chi connectivity index (χ1) is 12.0. The number of amides is 1.